The lowest BCUT2D eigenvalue weighted by molar-refractivity contribution is -0.138. The van der Waals surface area contributed by atoms with Gasteiger partial charge in [-0.05, 0) is 18.9 Å². The van der Waals surface area contributed by atoms with Crippen LogP contribution in [0.1, 0.15) is 39.5 Å². The molecular weight excluding hydrogens is 140 g/mol. The molecule has 0 aromatic rings. The highest BCUT2D eigenvalue weighted by molar-refractivity contribution is 5.69. The first-order valence-corrected chi connectivity index (χ1v) is 4.15. The van der Waals surface area contributed by atoms with Gasteiger partial charge in [0.25, 0.3) is 0 Å². The summed E-state index contributed by atoms with van der Waals surface area (Å²) >= 11 is 0. The molecule has 0 unspecified atom stereocenters. The number of carbonyl (C=O) groups excluding carboxylic acids is 1. The molecule has 0 heterocycles. The SMILES string of the molecule is CCC/C=C/OC(=O)CCC. The van der Waals surface area contributed by atoms with Gasteiger partial charge in [0.2, 0.25) is 0 Å². The summed E-state index contributed by atoms with van der Waals surface area (Å²) in [6, 6.07) is 0. The smallest absolute Gasteiger partial charge is 0.310 e. The number of hydrogen-bond acceptors (Lipinski definition) is 2. The van der Waals surface area contributed by atoms with E-state index in [1.807, 2.05) is 13.0 Å². The highest BCUT2D eigenvalue weighted by atomic mass is 16.5. The minimum Gasteiger partial charge on any atom is -0.435 e. The Kier molecular flexibility index (Phi) is 6.79. The predicted molar refractivity (Wildman–Crippen MR) is 45.0 cm³/mol. The Bertz CT molecular complexity index is 128. The molecular formula is C9H16O2. The summed E-state index contributed by atoms with van der Waals surface area (Å²) in [6.07, 6.45) is 6.77. The van der Waals surface area contributed by atoms with Crippen molar-refractivity contribution < 1.29 is 9.53 Å². The van der Waals surface area contributed by atoms with Crippen molar-refractivity contribution in [3.63, 3.8) is 0 Å². The van der Waals surface area contributed by atoms with Gasteiger partial charge in [0, 0.05) is 6.42 Å². The molecule has 0 aliphatic rings. The van der Waals surface area contributed by atoms with Crippen LogP contribution >= 0.6 is 0 Å². The van der Waals surface area contributed by atoms with Gasteiger partial charge in [-0.15, -0.1) is 0 Å². The van der Waals surface area contributed by atoms with Crippen LogP contribution in [-0.4, -0.2) is 5.97 Å². The molecule has 0 saturated carbocycles. The molecule has 0 aromatic carbocycles. The van der Waals surface area contributed by atoms with Gasteiger partial charge in [-0.1, -0.05) is 20.3 Å². The highest BCUT2D eigenvalue weighted by Crippen LogP contribution is 1.93. The van der Waals surface area contributed by atoms with Gasteiger partial charge in [-0.3, -0.25) is 4.79 Å². The number of ether oxygens (including phenoxy) is 1. The lowest BCUT2D eigenvalue weighted by Gasteiger charge is -1.94. The van der Waals surface area contributed by atoms with Crippen LogP contribution in [0.5, 0.6) is 0 Å². The van der Waals surface area contributed by atoms with Gasteiger partial charge in [-0.2, -0.15) is 0 Å². The summed E-state index contributed by atoms with van der Waals surface area (Å²) in [5, 5.41) is 0. The van der Waals surface area contributed by atoms with Crippen molar-refractivity contribution in [1.82, 2.24) is 0 Å². The average molecular weight is 156 g/mol. The summed E-state index contributed by atoms with van der Waals surface area (Å²) in [7, 11) is 0. The Morgan fingerprint density at radius 2 is 2.09 bits per heavy atom. The summed E-state index contributed by atoms with van der Waals surface area (Å²) in [6.45, 7) is 4.04. The molecule has 0 bridgehead atoms. The van der Waals surface area contributed by atoms with Crippen LogP contribution in [0, 0.1) is 0 Å². The van der Waals surface area contributed by atoms with Crippen LogP contribution in [0.2, 0.25) is 0 Å². The van der Waals surface area contributed by atoms with E-state index in [9.17, 15) is 4.79 Å². The maximum Gasteiger partial charge on any atom is 0.310 e. The fraction of sp³-hybridized carbons (Fsp3) is 0.667. The minimum atomic E-state index is -0.139. The second-order valence-electron chi connectivity index (χ2n) is 2.40. The fourth-order valence-electron chi connectivity index (χ4n) is 0.622. The first kappa shape index (κ1) is 10.2. The van der Waals surface area contributed by atoms with Gasteiger partial charge in [0.05, 0.1) is 6.26 Å². The van der Waals surface area contributed by atoms with Crippen molar-refractivity contribution in [3.8, 4) is 0 Å². The van der Waals surface area contributed by atoms with E-state index in [4.69, 9.17) is 4.74 Å². The van der Waals surface area contributed by atoms with Crippen LogP contribution in [0.4, 0.5) is 0 Å². The van der Waals surface area contributed by atoms with Crippen molar-refractivity contribution in [2.75, 3.05) is 0 Å². The summed E-state index contributed by atoms with van der Waals surface area (Å²) < 4.78 is 4.77. The van der Waals surface area contributed by atoms with Gasteiger partial charge >= 0.3 is 5.97 Å². The zero-order valence-electron chi connectivity index (χ0n) is 7.30. The minimum absolute atomic E-state index is 0.139. The van der Waals surface area contributed by atoms with Crippen LogP contribution in [0.25, 0.3) is 0 Å². The zero-order valence-corrected chi connectivity index (χ0v) is 7.30. The van der Waals surface area contributed by atoms with E-state index in [1.54, 1.807) is 0 Å². The Morgan fingerprint density at radius 1 is 1.36 bits per heavy atom. The molecule has 0 spiro atoms. The van der Waals surface area contributed by atoms with Gasteiger partial charge in [0.1, 0.15) is 0 Å². The molecule has 0 fully saturated rings. The third kappa shape index (κ3) is 7.10. The molecule has 11 heavy (non-hydrogen) atoms. The summed E-state index contributed by atoms with van der Waals surface area (Å²) in [5.74, 6) is -0.139. The maximum absolute atomic E-state index is 10.7. The van der Waals surface area contributed by atoms with E-state index in [0.717, 1.165) is 19.3 Å². The second kappa shape index (κ2) is 7.32. The standard InChI is InChI=1S/C9H16O2/c1-3-5-6-8-11-9(10)7-4-2/h6,8H,3-5,7H2,1-2H3/b8-6+. The number of unbranched alkanes of at least 4 members (excludes halogenated alkanes) is 1. The number of carbonyl (C=O) groups is 1. The van der Waals surface area contributed by atoms with E-state index in [1.165, 1.54) is 6.26 Å². The number of esters is 1. The van der Waals surface area contributed by atoms with Crippen molar-refractivity contribution >= 4 is 5.97 Å². The molecule has 0 N–H and O–H groups in total. The topological polar surface area (TPSA) is 26.3 Å². The fourth-order valence-corrected chi connectivity index (χ4v) is 0.622. The third-order valence-electron chi connectivity index (χ3n) is 1.21. The molecule has 0 saturated heterocycles. The Labute approximate surface area is 68.2 Å². The molecule has 0 amide bonds. The number of rotatable bonds is 5. The predicted octanol–water partition coefficient (Wildman–Crippen LogP) is 2.64. The lowest BCUT2D eigenvalue weighted by Crippen LogP contribution is -1.97. The monoisotopic (exact) mass is 156 g/mol. The average Bonchev–Trinajstić information content (AvgIpc) is 1.99. The van der Waals surface area contributed by atoms with Crippen molar-refractivity contribution in [2.24, 2.45) is 0 Å². The first-order valence-electron chi connectivity index (χ1n) is 4.15. The van der Waals surface area contributed by atoms with E-state index in [0.29, 0.717) is 6.42 Å². The van der Waals surface area contributed by atoms with Gasteiger partial charge in [-0.25, -0.2) is 0 Å². The van der Waals surface area contributed by atoms with Crippen molar-refractivity contribution in [1.29, 1.82) is 0 Å². The maximum atomic E-state index is 10.7. The molecule has 2 nitrogen and oxygen atoms in total. The van der Waals surface area contributed by atoms with E-state index in [-0.39, 0.29) is 5.97 Å². The molecule has 0 radical (unpaired) electrons. The molecule has 64 valence electrons. The van der Waals surface area contributed by atoms with Crippen LogP contribution in [-0.2, 0) is 9.53 Å². The molecule has 0 aromatic heterocycles. The third-order valence-corrected chi connectivity index (χ3v) is 1.21. The summed E-state index contributed by atoms with van der Waals surface area (Å²) in [4.78, 5) is 10.7. The Hall–Kier alpha value is -0.790. The molecule has 0 atom stereocenters. The first-order chi connectivity index (χ1) is 5.31. The zero-order chi connectivity index (χ0) is 8.53. The number of hydrogen-bond donors (Lipinski definition) is 0. The van der Waals surface area contributed by atoms with E-state index < -0.39 is 0 Å². The van der Waals surface area contributed by atoms with Crippen LogP contribution in [0.3, 0.4) is 0 Å². The number of allylic oxidation sites excluding steroid dienone is 1. The normalized spacial score (nSPS) is 10.4. The molecule has 2 heteroatoms. The highest BCUT2D eigenvalue weighted by Gasteiger charge is 1.95. The van der Waals surface area contributed by atoms with Crippen molar-refractivity contribution in [3.05, 3.63) is 12.3 Å². The van der Waals surface area contributed by atoms with Gasteiger partial charge < -0.3 is 4.74 Å². The van der Waals surface area contributed by atoms with Crippen molar-refractivity contribution in [2.45, 2.75) is 39.5 Å². The van der Waals surface area contributed by atoms with Gasteiger partial charge in [0.15, 0.2) is 0 Å². The lowest BCUT2D eigenvalue weighted by atomic mass is 10.3. The Morgan fingerprint density at radius 3 is 2.64 bits per heavy atom. The molecule has 0 rings (SSSR count). The van der Waals surface area contributed by atoms with E-state index >= 15 is 0 Å². The quantitative estimate of drug-likeness (QED) is 0.452. The second-order valence-corrected chi connectivity index (χ2v) is 2.40. The molecule has 0 aliphatic carbocycles. The van der Waals surface area contributed by atoms with E-state index in [2.05, 4.69) is 6.92 Å². The Balaban J connectivity index is 3.29. The van der Waals surface area contributed by atoms with Crippen LogP contribution in [0.15, 0.2) is 12.3 Å². The summed E-state index contributed by atoms with van der Waals surface area (Å²) in [5.41, 5.74) is 0. The largest absolute Gasteiger partial charge is 0.435 e. The van der Waals surface area contributed by atoms with Crippen LogP contribution < -0.4 is 0 Å². The molecule has 0 aliphatic heterocycles.